The Morgan fingerprint density at radius 3 is 2.95 bits per heavy atom. The highest BCUT2D eigenvalue weighted by Crippen LogP contribution is 2.17. The van der Waals surface area contributed by atoms with E-state index in [0.29, 0.717) is 13.2 Å². The van der Waals surface area contributed by atoms with Crippen molar-refractivity contribution in [3.05, 3.63) is 47.7 Å². The first-order valence-corrected chi connectivity index (χ1v) is 7.23. The van der Waals surface area contributed by atoms with Gasteiger partial charge in [0, 0.05) is 12.7 Å². The van der Waals surface area contributed by atoms with Gasteiger partial charge in [-0.3, -0.25) is 4.79 Å². The number of ether oxygens (including phenoxy) is 1. The van der Waals surface area contributed by atoms with Gasteiger partial charge >= 0.3 is 0 Å². The van der Waals surface area contributed by atoms with Crippen molar-refractivity contribution >= 4 is 11.7 Å². The second-order valence-electron chi connectivity index (χ2n) is 5.31. The third kappa shape index (κ3) is 3.31. The van der Waals surface area contributed by atoms with Crippen molar-refractivity contribution < 1.29 is 9.53 Å². The van der Waals surface area contributed by atoms with Crippen LogP contribution in [-0.4, -0.2) is 28.4 Å². The molecule has 1 N–H and O–H groups in total. The molecule has 2 aromatic rings. The van der Waals surface area contributed by atoms with Crippen molar-refractivity contribution in [3.63, 3.8) is 0 Å². The molecule has 0 spiro atoms. The second-order valence-corrected chi connectivity index (χ2v) is 5.31. The van der Waals surface area contributed by atoms with Crippen LogP contribution < -0.4 is 5.32 Å². The minimum Gasteiger partial charge on any atom is -0.368 e. The van der Waals surface area contributed by atoms with Gasteiger partial charge in [0.1, 0.15) is 11.9 Å². The third-order valence-electron chi connectivity index (χ3n) is 3.55. The maximum atomic E-state index is 12.2. The summed E-state index contributed by atoms with van der Waals surface area (Å²) >= 11 is 0. The van der Waals surface area contributed by atoms with Crippen LogP contribution in [0.3, 0.4) is 0 Å². The molecule has 5 nitrogen and oxygen atoms in total. The Labute approximate surface area is 123 Å². The fraction of sp³-hybridized carbons (Fsp3) is 0.375. The van der Waals surface area contributed by atoms with Crippen molar-refractivity contribution in [1.82, 2.24) is 9.78 Å². The average Bonchev–Trinajstić information content (AvgIpc) is 3.11. The molecular weight excluding hydrogens is 266 g/mol. The molecule has 0 unspecified atom stereocenters. The van der Waals surface area contributed by atoms with Gasteiger partial charge in [-0.25, -0.2) is 4.68 Å². The first kappa shape index (κ1) is 13.8. The number of amides is 1. The summed E-state index contributed by atoms with van der Waals surface area (Å²) in [6.45, 7) is 3.22. The van der Waals surface area contributed by atoms with Crippen LogP contribution in [0.4, 0.5) is 5.82 Å². The van der Waals surface area contributed by atoms with Gasteiger partial charge in [0.15, 0.2) is 0 Å². The quantitative estimate of drug-likeness (QED) is 0.938. The van der Waals surface area contributed by atoms with E-state index < -0.39 is 0 Å². The van der Waals surface area contributed by atoms with Gasteiger partial charge in [-0.05, 0) is 25.3 Å². The molecule has 2 heterocycles. The van der Waals surface area contributed by atoms with Gasteiger partial charge in [-0.15, -0.1) is 0 Å². The van der Waals surface area contributed by atoms with Crippen LogP contribution in [0.5, 0.6) is 0 Å². The van der Waals surface area contributed by atoms with E-state index in [1.54, 1.807) is 0 Å². The van der Waals surface area contributed by atoms with Gasteiger partial charge in [0.25, 0.3) is 5.91 Å². The topological polar surface area (TPSA) is 56.1 Å². The van der Waals surface area contributed by atoms with Gasteiger partial charge in [0.2, 0.25) is 0 Å². The first-order valence-electron chi connectivity index (χ1n) is 7.23. The van der Waals surface area contributed by atoms with Gasteiger partial charge in [-0.2, -0.15) is 5.10 Å². The molecule has 1 amide bonds. The van der Waals surface area contributed by atoms with Gasteiger partial charge in [0.05, 0.1) is 12.2 Å². The monoisotopic (exact) mass is 285 g/mol. The van der Waals surface area contributed by atoms with Gasteiger partial charge < -0.3 is 10.1 Å². The standard InChI is InChI=1S/C16H19N3O2/c1-12-10-15(17-16(20)14-8-5-9-21-14)19(18-12)11-13-6-3-2-4-7-13/h2-4,6-7,10,14H,5,8-9,11H2,1H3,(H,17,20)/t14-/m0/s1. The number of benzene rings is 1. The largest absolute Gasteiger partial charge is 0.368 e. The van der Waals surface area contributed by atoms with E-state index >= 15 is 0 Å². The highest BCUT2D eigenvalue weighted by molar-refractivity contribution is 5.93. The Morgan fingerprint density at radius 1 is 1.43 bits per heavy atom. The molecule has 3 rings (SSSR count). The summed E-state index contributed by atoms with van der Waals surface area (Å²) in [6.07, 6.45) is 1.41. The number of anilines is 1. The number of aryl methyl sites for hydroxylation is 1. The summed E-state index contributed by atoms with van der Waals surface area (Å²) in [5, 5.41) is 7.38. The number of aromatic nitrogens is 2. The number of nitrogens with one attached hydrogen (secondary N) is 1. The Hall–Kier alpha value is -2.14. The lowest BCUT2D eigenvalue weighted by molar-refractivity contribution is -0.124. The van der Waals surface area contributed by atoms with Crippen LogP contribution in [0.15, 0.2) is 36.4 Å². The van der Waals surface area contributed by atoms with E-state index in [1.807, 2.05) is 48.0 Å². The molecule has 110 valence electrons. The molecule has 1 aliphatic heterocycles. The molecule has 5 heteroatoms. The molecule has 1 atom stereocenters. The SMILES string of the molecule is Cc1cc(NC(=O)[C@@H]2CCCO2)n(Cc2ccccc2)n1. The maximum absolute atomic E-state index is 12.2. The number of hydrogen-bond donors (Lipinski definition) is 1. The van der Waals surface area contributed by atoms with Crippen LogP contribution >= 0.6 is 0 Å². The molecule has 1 saturated heterocycles. The lowest BCUT2D eigenvalue weighted by Crippen LogP contribution is -2.28. The zero-order valence-electron chi connectivity index (χ0n) is 12.1. The van der Waals surface area contributed by atoms with Crippen LogP contribution in [0.25, 0.3) is 0 Å². The van der Waals surface area contributed by atoms with Crippen molar-refractivity contribution in [2.45, 2.75) is 32.4 Å². The van der Waals surface area contributed by atoms with Crippen LogP contribution in [0.1, 0.15) is 24.1 Å². The first-order chi connectivity index (χ1) is 10.2. The van der Waals surface area contributed by atoms with Crippen molar-refractivity contribution in [3.8, 4) is 0 Å². The summed E-state index contributed by atoms with van der Waals surface area (Å²) in [4.78, 5) is 12.2. The molecule has 0 bridgehead atoms. The number of carbonyl (C=O) groups excluding carboxylic acids is 1. The third-order valence-corrected chi connectivity index (χ3v) is 3.55. The minimum absolute atomic E-state index is 0.0817. The molecule has 1 aromatic heterocycles. The second kappa shape index (κ2) is 6.10. The molecule has 0 saturated carbocycles. The lowest BCUT2D eigenvalue weighted by atomic mass is 10.2. The van der Waals surface area contributed by atoms with Gasteiger partial charge in [-0.1, -0.05) is 30.3 Å². The Bertz CT molecular complexity index is 616. The van der Waals surface area contributed by atoms with E-state index in [4.69, 9.17) is 4.74 Å². The fourth-order valence-electron chi connectivity index (χ4n) is 2.51. The number of hydrogen-bond acceptors (Lipinski definition) is 3. The maximum Gasteiger partial charge on any atom is 0.254 e. The normalized spacial score (nSPS) is 17.9. The highest BCUT2D eigenvalue weighted by atomic mass is 16.5. The summed E-state index contributed by atoms with van der Waals surface area (Å²) in [5.74, 6) is 0.638. The highest BCUT2D eigenvalue weighted by Gasteiger charge is 2.24. The Kier molecular flexibility index (Phi) is 4.01. The molecule has 1 aromatic carbocycles. The summed E-state index contributed by atoms with van der Waals surface area (Å²) < 4.78 is 7.23. The minimum atomic E-state index is -0.328. The lowest BCUT2D eigenvalue weighted by Gasteiger charge is -2.12. The summed E-state index contributed by atoms with van der Waals surface area (Å²) in [6, 6.07) is 12.0. The van der Waals surface area contributed by atoms with Crippen LogP contribution in [-0.2, 0) is 16.1 Å². The molecule has 1 fully saturated rings. The summed E-state index contributed by atoms with van der Waals surface area (Å²) in [5.41, 5.74) is 2.03. The smallest absolute Gasteiger partial charge is 0.254 e. The zero-order valence-corrected chi connectivity index (χ0v) is 12.1. The predicted molar refractivity (Wildman–Crippen MR) is 80.1 cm³/mol. The number of rotatable bonds is 4. The van der Waals surface area contributed by atoms with E-state index in [-0.39, 0.29) is 12.0 Å². The van der Waals surface area contributed by atoms with E-state index in [2.05, 4.69) is 10.4 Å². The Balaban J connectivity index is 1.74. The molecule has 21 heavy (non-hydrogen) atoms. The van der Waals surface area contributed by atoms with Crippen molar-refractivity contribution in [2.24, 2.45) is 0 Å². The van der Waals surface area contributed by atoms with Crippen molar-refractivity contribution in [1.29, 1.82) is 0 Å². The number of carbonyl (C=O) groups is 1. The van der Waals surface area contributed by atoms with Crippen LogP contribution in [0.2, 0.25) is 0 Å². The summed E-state index contributed by atoms with van der Waals surface area (Å²) in [7, 11) is 0. The number of nitrogens with zero attached hydrogens (tertiary/aromatic N) is 2. The van der Waals surface area contributed by atoms with Crippen LogP contribution in [0, 0.1) is 6.92 Å². The molecular formula is C16H19N3O2. The molecule has 0 aliphatic carbocycles. The Morgan fingerprint density at radius 2 is 2.24 bits per heavy atom. The predicted octanol–water partition coefficient (Wildman–Crippen LogP) is 2.36. The van der Waals surface area contributed by atoms with E-state index in [0.717, 1.165) is 29.9 Å². The van der Waals surface area contributed by atoms with Crippen molar-refractivity contribution in [2.75, 3.05) is 11.9 Å². The molecule has 0 radical (unpaired) electrons. The zero-order chi connectivity index (χ0) is 14.7. The fourth-order valence-corrected chi connectivity index (χ4v) is 2.51. The molecule has 1 aliphatic rings. The average molecular weight is 285 g/mol. The van der Waals surface area contributed by atoms with E-state index in [9.17, 15) is 4.79 Å². The van der Waals surface area contributed by atoms with E-state index in [1.165, 1.54) is 0 Å².